The molecule has 1 atom stereocenters. The quantitative estimate of drug-likeness (QED) is 0.279. The van der Waals surface area contributed by atoms with E-state index in [1.54, 1.807) is 4.90 Å². The highest BCUT2D eigenvalue weighted by molar-refractivity contribution is 7.99. The number of nitrogens with one attached hydrogen (secondary N) is 1. The van der Waals surface area contributed by atoms with Crippen LogP contribution in [0.3, 0.4) is 0 Å². The highest BCUT2D eigenvalue weighted by Crippen LogP contribution is 2.24. The van der Waals surface area contributed by atoms with E-state index < -0.39 is 6.04 Å². The molecule has 1 aliphatic carbocycles. The van der Waals surface area contributed by atoms with Gasteiger partial charge in [-0.3, -0.25) is 9.59 Å². The van der Waals surface area contributed by atoms with Gasteiger partial charge in [-0.1, -0.05) is 96.7 Å². The summed E-state index contributed by atoms with van der Waals surface area (Å²) in [7, 11) is 0. The maximum Gasteiger partial charge on any atom is 0.243 e. The number of carbonyl (C=O) groups is 2. The molecule has 2 amide bonds. The smallest absolute Gasteiger partial charge is 0.243 e. The van der Waals surface area contributed by atoms with Gasteiger partial charge in [-0.2, -0.15) is 0 Å². The first-order valence-electron chi connectivity index (χ1n) is 12.7. The van der Waals surface area contributed by atoms with E-state index in [2.05, 4.69) is 5.32 Å². The second-order valence-electron chi connectivity index (χ2n) is 9.43. The van der Waals surface area contributed by atoms with Crippen LogP contribution in [-0.4, -0.2) is 34.6 Å². The zero-order valence-corrected chi connectivity index (χ0v) is 23.1. The van der Waals surface area contributed by atoms with Crippen LogP contribution in [0.2, 0.25) is 10.0 Å². The molecule has 1 fully saturated rings. The molecular formula is C30H32Cl2N2O2S. The molecule has 0 aromatic heterocycles. The Kier molecular flexibility index (Phi) is 10.4. The fourth-order valence-corrected chi connectivity index (χ4v) is 5.98. The Balaban J connectivity index is 1.56. The molecule has 0 bridgehead atoms. The van der Waals surface area contributed by atoms with Crippen molar-refractivity contribution in [1.29, 1.82) is 0 Å². The van der Waals surface area contributed by atoms with E-state index in [1.165, 1.54) is 11.8 Å². The van der Waals surface area contributed by atoms with Crippen LogP contribution < -0.4 is 5.32 Å². The average molecular weight is 556 g/mol. The standard InChI is InChI=1S/C30H32Cl2N2O2S/c31-25-16-14-23(15-17-25)19-34(29(35)21-37-20-24-10-4-7-13-27(24)32)28(18-22-8-2-1-3-9-22)30(36)33-26-11-5-6-12-26/h1-4,7-10,13-17,26,28H,5-6,11-12,18-21H2,(H,33,36)/t28-/m1/s1. The number of hydrogen-bond donors (Lipinski definition) is 1. The number of halogens is 2. The molecule has 3 aromatic rings. The molecular weight excluding hydrogens is 523 g/mol. The van der Waals surface area contributed by atoms with Gasteiger partial charge in [-0.25, -0.2) is 0 Å². The maximum atomic E-state index is 13.7. The van der Waals surface area contributed by atoms with Gasteiger partial charge in [0, 0.05) is 34.8 Å². The molecule has 0 unspecified atom stereocenters. The molecule has 4 rings (SSSR count). The Bertz CT molecular complexity index is 1170. The van der Waals surface area contributed by atoms with E-state index in [0.29, 0.717) is 28.8 Å². The summed E-state index contributed by atoms with van der Waals surface area (Å²) in [5, 5.41) is 4.57. The lowest BCUT2D eigenvalue weighted by atomic mass is 10.0. The van der Waals surface area contributed by atoms with Crippen LogP contribution in [0.4, 0.5) is 0 Å². The minimum atomic E-state index is -0.618. The first-order chi connectivity index (χ1) is 18.0. The van der Waals surface area contributed by atoms with Gasteiger partial charge < -0.3 is 10.2 Å². The van der Waals surface area contributed by atoms with E-state index in [9.17, 15) is 9.59 Å². The first kappa shape index (κ1) is 27.6. The largest absolute Gasteiger partial charge is 0.352 e. The van der Waals surface area contributed by atoms with Crippen LogP contribution in [0.1, 0.15) is 42.4 Å². The van der Waals surface area contributed by atoms with Crippen LogP contribution in [0.15, 0.2) is 78.9 Å². The zero-order chi connectivity index (χ0) is 26.0. The predicted molar refractivity (Wildman–Crippen MR) is 154 cm³/mol. The Morgan fingerprint density at radius 2 is 1.57 bits per heavy atom. The number of carbonyl (C=O) groups excluding carboxylic acids is 2. The lowest BCUT2D eigenvalue weighted by Gasteiger charge is -2.32. The minimum absolute atomic E-state index is 0.0745. The van der Waals surface area contributed by atoms with Crippen LogP contribution >= 0.6 is 35.0 Å². The lowest BCUT2D eigenvalue weighted by Crippen LogP contribution is -2.52. The number of nitrogens with zero attached hydrogens (tertiary/aromatic N) is 1. The zero-order valence-electron chi connectivity index (χ0n) is 20.7. The monoisotopic (exact) mass is 554 g/mol. The van der Waals surface area contributed by atoms with Gasteiger partial charge in [-0.05, 0) is 47.7 Å². The number of rotatable bonds is 11. The van der Waals surface area contributed by atoms with Gasteiger partial charge in [0.2, 0.25) is 11.8 Å². The van der Waals surface area contributed by atoms with Gasteiger partial charge >= 0.3 is 0 Å². The first-order valence-corrected chi connectivity index (χ1v) is 14.6. The third-order valence-electron chi connectivity index (χ3n) is 6.68. The fourth-order valence-electron chi connectivity index (χ4n) is 4.65. The Morgan fingerprint density at radius 3 is 2.27 bits per heavy atom. The van der Waals surface area contributed by atoms with Crippen molar-refractivity contribution in [3.8, 4) is 0 Å². The minimum Gasteiger partial charge on any atom is -0.352 e. The van der Waals surface area contributed by atoms with Crippen LogP contribution in [0, 0.1) is 0 Å². The highest BCUT2D eigenvalue weighted by Gasteiger charge is 2.32. The second kappa shape index (κ2) is 13.9. The molecule has 3 aromatic carbocycles. The van der Waals surface area contributed by atoms with Gasteiger partial charge in [0.25, 0.3) is 0 Å². The Hall–Kier alpha value is -2.47. The van der Waals surface area contributed by atoms with Crippen molar-refractivity contribution in [2.24, 2.45) is 0 Å². The van der Waals surface area contributed by atoms with Crippen LogP contribution in [0.5, 0.6) is 0 Å². The average Bonchev–Trinajstić information content (AvgIpc) is 3.42. The summed E-state index contributed by atoms with van der Waals surface area (Å²) >= 11 is 13.9. The normalized spacial score (nSPS) is 14.3. The van der Waals surface area contributed by atoms with Crippen molar-refractivity contribution in [2.45, 2.75) is 56.5 Å². The van der Waals surface area contributed by atoms with Crippen LogP contribution in [0.25, 0.3) is 0 Å². The van der Waals surface area contributed by atoms with Crippen molar-refractivity contribution in [2.75, 3.05) is 5.75 Å². The molecule has 37 heavy (non-hydrogen) atoms. The Morgan fingerprint density at radius 1 is 0.892 bits per heavy atom. The lowest BCUT2D eigenvalue weighted by molar-refractivity contribution is -0.139. The van der Waals surface area contributed by atoms with E-state index in [0.717, 1.165) is 42.4 Å². The van der Waals surface area contributed by atoms with E-state index in [-0.39, 0.29) is 23.6 Å². The third kappa shape index (κ3) is 8.26. The molecule has 7 heteroatoms. The summed E-state index contributed by atoms with van der Waals surface area (Å²) < 4.78 is 0. The SMILES string of the molecule is O=C(NC1CCCC1)[C@@H](Cc1ccccc1)N(Cc1ccc(Cl)cc1)C(=O)CSCc1ccccc1Cl. The number of thioether (sulfide) groups is 1. The number of benzene rings is 3. The van der Waals surface area contributed by atoms with Crippen molar-refractivity contribution < 1.29 is 9.59 Å². The predicted octanol–water partition coefficient (Wildman–Crippen LogP) is 6.93. The summed E-state index contributed by atoms with van der Waals surface area (Å²) in [6, 6.07) is 24.6. The van der Waals surface area contributed by atoms with E-state index in [4.69, 9.17) is 23.2 Å². The van der Waals surface area contributed by atoms with Gasteiger partial charge in [0.1, 0.15) is 6.04 Å². The summed E-state index contributed by atoms with van der Waals surface area (Å²) in [5.41, 5.74) is 2.94. The van der Waals surface area contributed by atoms with Gasteiger partial charge in [0.15, 0.2) is 0 Å². The molecule has 0 heterocycles. The fraction of sp³-hybridized carbons (Fsp3) is 0.333. The van der Waals surface area contributed by atoms with Crippen molar-refractivity contribution in [3.05, 3.63) is 106 Å². The molecule has 1 aliphatic rings. The number of amides is 2. The maximum absolute atomic E-state index is 13.7. The second-order valence-corrected chi connectivity index (χ2v) is 11.3. The number of hydrogen-bond acceptors (Lipinski definition) is 3. The third-order valence-corrected chi connectivity index (χ3v) is 8.27. The van der Waals surface area contributed by atoms with Gasteiger partial charge in [0.05, 0.1) is 5.75 Å². The van der Waals surface area contributed by atoms with E-state index >= 15 is 0 Å². The van der Waals surface area contributed by atoms with Crippen molar-refractivity contribution in [3.63, 3.8) is 0 Å². The van der Waals surface area contributed by atoms with Crippen molar-refractivity contribution >= 4 is 46.8 Å². The molecule has 194 valence electrons. The molecule has 0 spiro atoms. The molecule has 0 aliphatic heterocycles. The summed E-state index contributed by atoms with van der Waals surface area (Å²) in [6.45, 7) is 0.332. The molecule has 1 N–H and O–H groups in total. The topological polar surface area (TPSA) is 49.4 Å². The molecule has 1 saturated carbocycles. The van der Waals surface area contributed by atoms with Crippen molar-refractivity contribution in [1.82, 2.24) is 10.2 Å². The van der Waals surface area contributed by atoms with Crippen LogP contribution in [-0.2, 0) is 28.3 Å². The summed E-state index contributed by atoms with van der Waals surface area (Å²) in [6.07, 6.45) is 4.68. The summed E-state index contributed by atoms with van der Waals surface area (Å²) in [5.74, 6) is 0.710. The van der Waals surface area contributed by atoms with Gasteiger partial charge in [-0.15, -0.1) is 11.8 Å². The molecule has 4 nitrogen and oxygen atoms in total. The molecule has 0 saturated heterocycles. The summed E-state index contributed by atoms with van der Waals surface area (Å²) in [4.78, 5) is 29.1. The van der Waals surface area contributed by atoms with E-state index in [1.807, 2.05) is 78.9 Å². The highest BCUT2D eigenvalue weighted by atomic mass is 35.5. The Labute approximate surface area is 233 Å². The molecule has 0 radical (unpaired) electrons.